The summed E-state index contributed by atoms with van der Waals surface area (Å²) in [6.45, 7) is 7.14. The first-order valence-electron chi connectivity index (χ1n) is 7.37. The van der Waals surface area contributed by atoms with Gasteiger partial charge in [-0.15, -0.1) is 0 Å². The number of nitro benzene ring substituents is 1. The summed E-state index contributed by atoms with van der Waals surface area (Å²) in [5, 5.41) is 14.2. The summed E-state index contributed by atoms with van der Waals surface area (Å²) in [5.41, 5.74) is 0.805. The van der Waals surface area contributed by atoms with Crippen molar-refractivity contribution in [1.82, 2.24) is 0 Å². The quantitative estimate of drug-likeness (QED) is 0.316. The Morgan fingerprint density at radius 3 is 2.62 bits per heavy atom. The maximum absolute atomic E-state index is 11.1. The number of unbranched alkanes of at least 4 members (excludes halogenated alkanes) is 2. The molecule has 0 unspecified atom stereocenters. The van der Waals surface area contributed by atoms with Crippen molar-refractivity contribution in [1.29, 1.82) is 0 Å². The number of carbonyl (C=O) groups excluding carboxylic acids is 1. The van der Waals surface area contributed by atoms with Crippen molar-refractivity contribution < 1.29 is 9.72 Å². The average Bonchev–Trinajstić information content (AvgIpc) is 2.45. The van der Waals surface area contributed by atoms with Crippen LogP contribution in [-0.2, 0) is 0 Å². The molecule has 0 amide bonds. The molecule has 1 aromatic carbocycles. The first-order valence-corrected chi connectivity index (χ1v) is 7.37. The standard InChI is InChI=1S/C16H24N2O3/c1-4-5-6-9-16(2,3)12-17-14-8-7-13(11-19)10-15(14)18(20)21/h7-8,10-11,17H,4-6,9,12H2,1-3H3. The first kappa shape index (κ1) is 17.1. The van der Waals surface area contributed by atoms with Crippen LogP contribution in [0.25, 0.3) is 0 Å². The molecule has 5 heteroatoms. The second-order valence-electron chi connectivity index (χ2n) is 6.13. The SMILES string of the molecule is CCCCCC(C)(C)CNc1ccc(C=O)cc1[N+](=O)[O-]. The number of carbonyl (C=O) groups is 1. The fourth-order valence-corrected chi connectivity index (χ4v) is 2.20. The van der Waals surface area contributed by atoms with Crippen molar-refractivity contribution in [3.05, 3.63) is 33.9 Å². The van der Waals surface area contributed by atoms with Crippen molar-refractivity contribution >= 4 is 17.7 Å². The van der Waals surface area contributed by atoms with Gasteiger partial charge in [0.25, 0.3) is 5.69 Å². The third-order valence-corrected chi connectivity index (χ3v) is 3.57. The Bertz CT molecular complexity index is 498. The fourth-order valence-electron chi connectivity index (χ4n) is 2.20. The Balaban J connectivity index is 2.74. The molecule has 1 aromatic rings. The zero-order valence-corrected chi connectivity index (χ0v) is 13.0. The van der Waals surface area contributed by atoms with E-state index >= 15 is 0 Å². The van der Waals surface area contributed by atoms with Crippen molar-refractivity contribution in [3.63, 3.8) is 0 Å². The first-order chi connectivity index (χ1) is 9.89. The van der Waals surface area contributed by atoms with Gasteiger partial charge in [-0.1, -0.05) is 40.0 Å². The van der Waals surface area contributed by atoms with E-state index in [1.165, 1.54) is 18.9 Å². The molecule has 0 bridgehead atoms. The summed E-state index contributed by atoms with van der Waals surface area (Å²) in [6, 6.07) is 4.50. The number of nitrogens with one attached hydrogen (secondary N) is 1. The van der Waals surface area contributed by atoms with E-state index in [0.29, 0.717) is 24.1 Å². The monoisotopic (exact) mass is 292 g/mol. The number of hydrogen-bond acceptors (Lipinski definition) is 4. The van der Waals surface area contributed by atoms with E-state index in [-0.39, 0.29) is 11.1 Å². The fraction of sp³-hybridized carbons (Fsp3) is 0.562. The van der Waals surface area contributed by atoms with Crippen LogP contribution in [0.1, 0.15) is 56.8 Å². The van der Waals surface area contributed by atoms with Crippen molar-refractivity contribution in [2.24, 2.45) is 5.41 Å². The van der Waals surface area contributed by atoms with E-state index in [9.17, 15) is 14.9 Å². The number of anilines is 1. The molecule has 1 rings (SSSR count). The minimum atomic E-state index is -0.459. The Morgan fingerprint density at radius 1 is 1.33 bits per heavy atom. The number of nitrogens with zero attached hydrogens (tertiary/aromatic N) is 1. The van der Waals surface area contributed by atoms with Crippen LogP contribution >= 0.6 is 0 Å². The molecule has 0 saturated carbocycles. The van der Waals surface area contributed by atoms with Gasteiger partial charge >= 0.3 is 0 Å². The summed E-state index contributed by atoms with van der Waals surface area (Å²) in [6.07, 6.45) is 5.25. The topological polar surface area (TPSA) is 72.2 Å². The van der Waals surface area contributed by atoms with Crippen molar-refractivity contribution in [2.75, 3.05) is 11.9 Å². The minimum Gasteiger partial charge on any atom is -0.379 e. The van der Waals surface area contributed by atoms with Crippen molar-refractivity contribution in [3.8, 4) is 0 Å². The predicted octanol–water partition coefficient (Wildman–Crippen LogP) is 4.43. The molecule has 0 fully saturated rings. The molecular formula is C16H24N2O3. The number of hydrogen-bond donors (Lipinski definition) is 1. The summed E-state index contributed by atoms with van der Waals surface area (Å²) >= 11 is 0. The van der Waals surface area contributed by atoms with E-state index in [1.54, 1.807) is 12.1 Å². The van der Waals surface area contributed by atoms with E-state index in [0.717, 1.165) is 12.8 Å². The molecule has 0 aliphatic rings. The Hall–Kier alpha value is -1.91. The van der Waals surface area contributed by atoms with Gasteiger partial charge in [0, 0.05) is 18.2 Å². The average molecular weight is 292 g/mol. The molecule has 0 radical (unpaired) electrons. The Kier molecular flexibility index (Phi) is 6.34. The minimum absolute atomic E-state index is 0.0519. The van der Waals surface area contributed by atoms with Gasteiger partial charge in [0.05, 0.1) is 4.92 Å². The lowest BCUT2D eigenvalue weighted by molar-refractivity contribution is -0.384. The van der Waals surface area contributed by atoms with Gasteiger partial charge in [0.1, 0.15) is 12.0 Å². The van der Waals surface area contributed by atoms with Crippen LogP contribution in [0.4, 0.5) is 11.4 Å². The van der Waals surface area contributed by atoms with Gasteiger partial charge in [0.2, 0.25) is 0 Å². The highest BCUT2D eigenvalue weighted by Crippen LogP contribution is 2.29. The highest BCUT2D eigenvalue weighted by molar-refractivity contribution is 5.79. The largest absolute Gasteiger partial charge is 0.379 e. The molecule has 0 atom stereocenters. The Morgan fingerprint density at radius 2 is 2.05 bits per heavy atom. The molecule has 21 heavy (non-hydrogen) atoms. The van der Waals surface area contributed by atoms with Gasteiger partial charge < -0.3 is 5.32 Å². The van der Waals surface area contributed by atoms with E-state index in [1.807, 2.05) is 0 Å². The number of benzene rings is 1. The molecule has 0 aromatic heterocycles. The lowest BCUT2D eigenvalue weighted by Crippen LogP contribution is -2.23. The molecule has 0 heterocycles. The van der Waals surface area contributed by atoms with Crippen LogP contribution in [0.5, 0.6) is 0 Å². The van der Waals surface area contributed by atoms with Gasteiger partial charge in [-0.25, -0.2) is 0 Å². The van der Waals surface area contributed by atoms with E-state index < -0.39 is 4.92 Å². The maximum atomic E-state index is 11.1. The smallest absolute Gasteiger partial charge is 0.293 e. The maximum Gasteiger partial charge on any atom is 0.293 e. The molecular weight excluding hydrogens is 268 g/mol. The highest BCUT2D eigenvalue weighted by Gasteiger charge is 2.20. The molecule has 0 saturated heterocycles. The number of rotatable bonds is 9. The number of nitro groups is 1. The van der Waals surface area contributed by atoms with Gasteiger partial charge in [-0.3, -0.25) is 14.9 Å². The summed E-state index contributed by atoms with van der Waals surface area (Å²) in [5.74, 6) is 0. The van der Waals surface area contributed by atoms with Crippen LogP contribution < -0.4 is 5.32 Å². The molecule has 116 valence electrons. The van der Waals surface area contributed by atoms with Crippen LogP contribution in [-0.4, -0.2) is 17.8 Å². The van der Waals surface area contributed by atoms with Crippen molar-refractivity contribution in [2.45, 2.75) is 46.5 Å². The molecule has 0 aliphatic carbocycles. The normalized spacial score (nSPS) is 11.2. The van der Waals surface area contributed by atoms with Crippen LogP contribution in [0.15, 0.2) is 18.2 Å². The second kappa shape index (κ2) is 7.76. The van der Waals surface area contributed by atoms with Crippen LogP contribution in [0.3, 0.4) is 0 Å². The lowest BCUT2D eigenvalue weighted by Gasteiger charge is -2.25. The van der Waals surface area contributed by atoms with Crippen LogP contribution in [0.2, 0.25) is 0 Å². The second-order valence-corrected chi connectivity index (χ2v) is 6.13. The zero-order chi connectivity index (χ0) is 15.9. The predicted molar refractivity (Wildman–Crippen MR) is 84.9 cm³/mol. The van der Waals surface area contributed by atoms with Gasteiger partial charge in [-0.2, -0.15) is 0 Å². The van der Waals surface area contributed by atoms with Gasteiger partial charge in [-0.05, 0) is 24.0 Å². The molecule has 5 nitrogen and oxygen atoms in total. The molecule has 0 spiro atoms. The molecule has 1 N–H and O–H groups in total. The number of aldehydes is 1. The third kappa shape index (κ3) is 5.53. The third-order valence-electron chi connectivity index (χ3n) is 3.57. The van der Waals surface area contributed by atoms with E-state index in [2.05, 4.69) is 26.1 Å². The summed E-state index contributed by atoms with van der Waals surface area (Å²) in [4.78, 5) is 21.3. The summed E-state index contributed by atoms with van der Waals surface area (Å²) < 4.78 is 0. The zero-order valence-electron chi connectivity index (χ0n) is 13.0. The van der Waals surface area contributed by atoms with Crippen LogP contribution in [0, 0.1) is 15.5 Å². The lowest BCUT2D eigenvalue weighted by atomic mass is 9.87. The summed E-state index contributed by atoms with van der Waals surface area (Å²) in [7, 11) is 0. The Labute approximate surface area is 125 Å². The van der Waals surface area contributed by atoms with E-state index in [4.69, 9.17) is 0 Å². The molecule has 0 aliphatic heterocycles. The van der Waals surface area contributed by atoms with Gasteiger partial charge in [0.15, 0.2) is 0 Å². The highest BCUT2D eigenvalue weighted by atomic mass is 16.6.